The number of likely N-dealkylation sites (N-methyl/N-ethyl adjacent to an activating group) is 1. The summed E-state index contributed by atoms with van der Waals surface area (Å²) in [5.41, 5.74) is 0.367. The van der Waals surface area contributed by atoms with E-state index in [0.717, 1.165) is 17.7 Å². The molecule has 1 aliphatic rings. The molecule has 1 saturated carbocycles. The first-order chi connectivity index (χ1) is 9.95. The van der Waals surface area contributed by atoms with Crippen molar-refractivity contribution >= 4 is 23.5 Å². The molecule has 1 aliphatic carbocycles. The van der Waals surface area contributed by atoms with Gasteiger partial charge in [-0.1, -0.05) is 17.7 Å². The maximum atomic E-state index is 13.6. The summed E-state index contributed by atoms with van der Waals surface area (Å²) in [6, 6.07) is 4.19. The Labute approximate surface area is 127 Å². The largest absolute Gasteiger partial charge is 0.335 e. The highest BCUT2D eigenvalue weighted by Gasteiger charge is 2.24. The number of carbonyl (C=O) groups excluding carboxylic acids is 2. The number of nitrogens with one attached hydrogen (secondary N) is 3. The minimum Gasteiger partial charge on any atom is -0.335 e. The Kier molecular flexibility index (Phi) is 5.14. The highest BCUT2D eigenvalue weighted by molar-refractivity contribution is 6.31. The average Bonchev–Trinajstić information content (AvgIpc) is 3.17. The Morgan fingerprint density at radius 2 is 2.14 bits per heavy atom. The minimum atomic E-state index is -0.473. The van der Waals surface area contributed by atoms with E-state index in [2.05, 4.69) is 10.6 Å². The van der Waals surface area contributed by atoms with Crippen molar-refractivity contribution in [1.82, 2.24) is 10.6 Å². The van der Waals surface area contributed by atoms with Crippen molar-refractivity contribution in [3.05, 3.63) is 34.6 Å². The van der Waals surface area contributed by atoms with Gasteiger partial charge >= 0.3 is 6.03 Å². The summed E-state index contributed by atoms with van der Waals surface area (Å²) in [5.74, 6) is -0.799. The van der Waals surface area contributed by atoms with E-state index < -0.39 is 17.8 Å². The van der Waals surface area contributed by atoms with E-state index in [1.165, 1.54) is 12.1 Å². The van der Waals surface area contributed by atoms with E-state index in [0.29, 0.717) is 10.6 Å². The second kappa shape index (κ2) is 6.87. The molecular weight excluding hydrogens is 297 g/mol. The van der Waals surface area contributed by atoms with Crippen LogP contribution in [0.4, 0.5) is 9.18 Å². The van der Waals surface area contributed by atoms with Gasteiger partial charge in [0.1, 0.15) is 12.4 Å². The molecule has 1 aromatic rings. The molecule has 0 aromatic heterocycles. The number of urea groups is 1. The average molecular weight is 315 g/mol. The van der Waals surface area contributed by atoms with Crippen molar-refractivity contribution in [3.63, 3.8) is 0 Å². The van der Waals surface area contributed by atoms with Crippen molar-refractivity contribution in [2.24, 2.45) is 0 Å². The molecule has 3 amide bonds. The summed E-state index contributed by atoms with van der Waals surface area (Å²) in [5, 5.41) is 5.26. The quantitative estimate of drug-likeness (QED) is 0.740. The van der Waals surface area contributed by atoms with Crippen LogP contribution in [0.25, 0.3) is 0 Å². The Balaban J connectivity index is 1.81. The smallest absolute Gasteiger partial charge is 0.321 e. The number of quaternary nitrogens is 1. The number of hydrogen-bond donors (Lipinski definition) is 3. The van der Waals surface area contributed by atoms with E-state index in [1.807, 2.05) is 0 Å². The molecule has 0 bridgehead atoms. The van der Waals surface area contributed by atoms with Gasteiger partial charge in [0, 0.05) is 6.04 Å². The van der Waals surface area contributed by atoms with Gasteiger partial charge in [-0.3, -0.25) is 10.1 Å². The third kappa shape index (κ3) is 4.99. The zero-order valence-electron chi connectivity index (χ0n) is 11.7. The monoisotopic (exact) mass is 314 g/mol. The van der Waals surface area contributed by atoms with Gasteiger partial charge in [-0.15, -0.1) is 0 Å². The van der Waals surface area contributed by atoms with Crippen molar-refractivity contribution in [2.75, 3.05) is 13.6 Å². The molecule has 1 fully saturated rings. The van der Waals surface area contributed by atoms with E-state index in [1.54, 1.807) is 13.1 Å². The topological polar surface area (TPSA) is 62.6 Å². The summed E-state index contributed by atoms with van der Waals surface area (Å²) < 4.78 is 13.6. The molecule has 0 saturated heterocycles. The van der Waals surface area contributed by atoms with Crippen LogP contribution in [0.3, 0.4) is 0 Å². The van der Waals surface area contributed by atoms with Gasteiger partial charge in [0.25, 0.3) is 5.91 Å². The predicted molar refractivity (Wildman–Crippen MR) is 76.6 cm³/mol. The molecule has 1 atom stereocenters. The second-order valence-corrected chi connectivity index (χ2v) is 5.71. The fourth-order valence-corrected chi connectivity index (χ4v) is 2.19. The summed E-state index contributed by atoms with van der Waals surface area (Å²) in [6.45, 7) is 0.325. The minimum absolute atomic E-state index is 0.0583. The highest BCUT2D eigenvalue weighted by atomic mass is 35.5. The molecule has 0 aliphatic heterocycles. The summed E-state index contributed by atoms with van der Waals surface area (Å²) >= 11 is 5.94. The van der Waals surface area contributed by atoms with Crippen molar-refractivity contribution in [1.29, 1.82) is 0 Å². The highest BCUT2D eigenvalue weighted by Crippen LogP contribution is 2.18. The first-order valence-corrected chi connectivity index (χ1v) is 7.18. The standard InChI is InChI=1S/C14H17ClFN3O2/c1-19(7-10-11(15)3-2-4-12(10)16)8-13(20)18-14(21)17-9-5-6-9/h2-4,9H,5-8H2,1H3,(H2,17,18,20,21)/p+1. The van der Waals surface area contributed by atoms with Gasteiger partial charge < -0.3 is 10.2 Å². The van der Waals surface area contributed by atoms with Gasteiger partial charge in [-0.2, -0.15) is 0 Å². The number of carbonyl (C=O) groups is 2. The molecule has 2 rings (SSSR count). The van der Waals surface area contributed by atoms with Crippen LogP contribution in [0, 0.1) is 5.82 Å². The van der Waals surface area contributed by atoms with Gasteiger partial charge in [0.2, 0.25) is 0 Å². The zero-order chi connectivity index (χ0) is 15.4. The van der Waals surface area contributed by atoms with Gasteiger partial charge in [-0.05, 0) is 25.0 Å². The molecule has 0 radical (unpaired) electrons. The van der Waals surface area contributed by atoms with Crippen LogP contribution in [-0.2, 0) is 11.3 Å². The van der Waals surface area contributed by atoms with Crippen LogP contribution >= 0.6 is 11.6 Å². The molecule has 1 aromatic carbocycles. The molecule has 3 N–H and O–H groups in total. The van der Waals surface area contributed by atoms with Gasteiger partial charge in [0.15, 0.2) is 6.54 Å². The maximum Gasteiger partial charge on any atom is 0.321 e. The fourth-order valence-electron chi connectivity index (χ4n) is 1.96. The van der Waals surface area contributed by atoms with Crippen LogP contribution < -0.4 is 15.5 Å². The van der Waals surface area contributed by atoms with Gasteiger partial charge in [0.05, 0.1) is 17.6 Å². The lowest BCUT2D eigenvalue weighted by atomic mass is 10.2. The lowest BCUT2D eigenvalue weighted by molar-refractivity contribution is -0.885. The zero-order valence-corrected chi connectivity index (χ0v) is 12.5. The summed E-state index contributed by atoms with van der Waals surface area (Å²) in [7, 11) is 1.74. The molecule has 0 heterocycles. The molecule has 5 nitrogen and oxygen atoms in total. The first-order valence-electron chi connectivity index (χ1n) is 6.80. The van der Waals surface area contributed by atoms with Crippen molar-refractivity contribution in [2.45, 2.75) is 25.4 Å². The second-order valence-electron chi connectivity index (χ2n) is 5.31. The third-order valence-corrected chi connectivity index (χ3v) is 3.52. The first kappa shape index (κ1) is 15.7. The van der Waals surface area contributed by atoms with E-state index in [9.17, 15) is 14.0 Å². The van der Waals surface area contributed by atoms with E-state index in [-0.39, 0.29) is 19.1 Å². The Morgan fingerprint density at radius 1 is 1.43 bits per heavy atom. The molecule has 1 unspecified atom stereocenters. The van der Waals surface area contributed by atoms with Crippen molar-refractivity contribution < 1.29 is 18.9 Å². The van der Waals surface area contributed by atoms with Crippen LogP contribution in [0.15, 0.2) is 18.2 Å². The van der Waals surface area contributed by atoms with Crippen LogP contribution in [-0.4, -0.2) is 31.6 Å². The van der Waals surface area contributed by atoms with E-state index in [4.69, 9.17) is 11.6 Å². The number of imide groups is 1. The Morgan fingerprint density at radius 3 is 2.76 bits per heavy atom. The number of halogens is 2. The molecular formula is C14H18ClFN3O2+. The summed E-state index contributed by atoms with van der Waals surface area (Å²) in [4.78, 5) is 23.9. The number of hydrogen-bond acceptors (Lipinski definition) is 2. The van der Waals surface area contributed by atoms with Crippen molar-refractivity contribution in [3.8, 4) is 0 Å². The third-order valence-electron chi connectivity index (χ3n) is 3.17. The Hall–Kier alpha value is -1.66. The lowest BCUT2D eigenvalue weighted by Crippen LogP contribution is -3.09. The number of benzene rings is 1. The van der Waals surface area contributed by atoms with E-state index >= 15 is 0 Å². The van der Waals surface area contributed by atoms with Gasteiger partial charge in [-0.25, -0.2) is 9.18 Å². The van der Waals surface area contributed by atoms with Crippen LogP contribution in [0.1, 0.15) is 18.4 Å². The van der Waals surface area contributed by atoms with Crippen LogP contribution in [0.5, 0.6) is 0 Å². The maximum absolute atomic E-state index is 13.6. The SMILES string of the molecule is C[NH+](CC(=O)NC(=O)NC1CC1)Cc1c(F)cccc1Cl. The fraction of sp³-hybridized carbons (Fsp3) is 0.429. The molecule has 7 heteroatoms. The Bertz CT molecular complexity index is 529. The normalized spacial score (nSPS) is 15.4. The molecule has 114 valence electrons. The number of rotatable bonds is 5. The molecule has 0 spiro atoms. The molecule has 21 heavy (non-hydrogen) atoms. The summed E-state index contributed by atoms with van der Waals surface area (Å²) in [6.07, 6.45) is 1.91. The predicted octanol–water partition coefficient (Wildman–Crippen LogP) is 0.482. The lowest BCUT2D eigenvalue weighted by Gasteiger charge is -2.15. The number of amides is 3. The van der Waals surface area contributed by atoms with Crippen LogP contribution in [0.2, 0.25) is 5.02 Å².